The third kappa shape index (κ3) is 3.84. The van der Waals surface area contributed by atoms with Crippen LogP contribution in [0.2, 0.25) is 0 Å². The van der Waals surface area contributed by atoms with Gasteiger partial charge in [0.05, 0.1) is 0 Å². The summed E-state index contributed by atoms with van der Waals surface area (Å²) in [7, 11) is 0. The molecule has 2 aromatic carbocycles. The van der Waals surface area contributed by atoms with Gasteiger partial charge < -0.3 is 10.4 Å². The van der Waals surface area contributed by atoms with E-state index in [9.17, 15) is 9.90 Å². The Morgan fingerprint density at radius 1 is 1.04 bits per heavy atom. The summed E-state index contributed by atoms with van der Waals surface area (Å²) in [6, 6.07) is 17.5. The lowest BCUT2D eigenvalue weighted by Gasteiger charge is -2.30. The van der Waals surface area contributed by atoms with E-state index in [-0.39, 0.29) is 29.2 Å². The van der Waals surface area contributed by atoms with E-state index in [0.717, 1.165) is 18.4 Å². The molecular weight excluding hydrogens is 338 g/mol. The van der Waals surface area contributed by atoms with Crippen LogP contribution >= 0.6 is 0 Å². The molecule has 0 aromatic heterocycles. The Bertz CT molecular complexity index is 770. The molecule has 1 aliphatic heterocycles. The molecule has 1 aliphatic carbocycles. The molecule has 2 aromatic rings. The quantitative estimate of drug-likeness (QED) is 0.657. The van der Waals surface area contributed by atoms with Gasteiger partial charge in [-0.2, -0.15) is 0 Å². The second kappa shape index (κ2) is 7.71. The van der Waals surface area contributed by atoms with Crippen molar-refractivity contribution in [1.82, 2.24) is 16.2 Å². The molecule has 2 atom stereocenters. The van der Waals surface area contributed by atoms with E-state index in [0.29, 0.717) is 13.0 Å². The number of phenolic OH excluding ortho intramolecular Hbond substituents is 1. The molecule has 1 saturated carbocycles. The summed E-state index contributed by atoms with van der Waals surface area (Å²) in [5.74, 6) is 0.299. The van der Waals surface area contributed by atoms with E-state index in [1.807, 2.05) is 18.2 Å². The average molecular weight is 365 g/mol. The Morgan fingerprint density at radius 2 is 1.74 bits per heavy atom. The summed E-state index contributed by atoms with van der Waals surface area (Å²) in [6.07, 6.45) is 5.39. The maximum Gasteiger partial charge on any atom is 0.238 e. The lowest BCUT2D eigenvalue weighted by molar-refractivity contribution is -0.123. The number of carbonyl (C=O) groups is 1. The fraction of sp³-hybridized carbons (Fsp3) is 0.409. The standard InChI is InChI=1S/C22H27N3O2/c26-18-10-8-16(9-11-18)19-14-20(25-24-19)21(27)23-15-22(12-4-5-13-22)17-6-2-1-3-7-17/h1-3,6-11,19-20,24-26H,4-5,12-15H2,(H,23,27). The van der Waals surface area contributed by atoms with Crippen LogP contribution in [0, 0.1) is 0 Å². The molecule has 0 bridgehead atoms. The Hall–Kier alpha value is -2.37. The van der Waals surface area contributed by atoms with E-state index in [4.69, 9.17) is 0 Å². The predicted molar refractivity (Wildman–Crippen MR) is 105 cm³/mol. The van der Waals surface area contributed by atoms with Gasteiger partial charge >= 0.3 is 0 Å². The van der Waals surface area contributed by atoms with Crippen LogP contribution in [0.25, 0.3) is 0 Å². The number of amides is 1. The summed E-state index contributed by atoms with van der Waals surface area (Å²) < 4.78 is 0. The second-order valence-corrected chi connectivity index (χ2v) is 7.79. The number of hydrazine groups is 1. The van der Waals surface area contributed by atoms with E-state index in [1.165, 1.54) is 18.4 Å². The maximum absolute atomic E-state index is 12.8. The molecule has 4 N–H and O–H groups in total. The first-order valence-electron chi connectivity index (χ1n) is 9.80. The molecule has 0 radical (unpaired) electrons. The van der Waals surface area contributed by atoms with E-state index < -0.39 is 0 Å². The summed E-state index contributed by atoms with van der Waals surface area (Å²) in [4.78, 5) is 12.8. The molecule has 1 heterocycles. The highest BCUT2D eigenvalue weighted by molar-refractivity contribution is 5.82. The lowest BCUT2D eigenvalue weighted by atomic mass is 9.79. The molecule has 27 heavy (non-hydrogen) atoms. The van der Waals surface area contributed by atoms with Crippen molar-refractivity contribution in [3.05, 3.63) is 65.7 Å². The minimum absolute atomic E-state index is 0.0472. The highest BCUT2D eigenvalue weighted by Gasteiger charge is 2.37. The van der Waals surface area contributed by atoms with Crippen molar-refractivity contribution in [2.45, 2.75) is 49.6 Å². The first-order chi connectivity index (χ1) is 13.2. The Labute approximate surface area is 160 Å². The number of hydrogen-bond donors (Lipinski definition) is 4. The van der Waals surface area contributed by atoms with Crippen molar-refractivity contribution >= 4 is 5.91 Å². The number of benzene rings is 2. The Balaban J connectivity index is 1.37. The molecule has 2 unspecified atom stereocenters. The number of hydrogen-bond acceptors (Lipinski definition) is 4. The van der Waals surface area contributed by atoms with Gasteiger partial charge in [-0.3, -0.25) is 4.79 Å². The zero-order chi connectivity index (χ0) is 18.7. The van der Waals surface area contributed by atoms with Crippen molar-refractivity contribution in [3.63, 3.8) is 0 Å². The summed E-state index contributed by atoms with van der Waals surface area (Å²) in [5.41, 5.74) is 8.79. The van der Waals surface area contributed by atoms with Gasteiger partial charge in [0, 0.05) is 18.0 Å². The van der Waals surface area contributed by atoms with E-state index in [1.54, 1.807) is 12.1 Å². The SMILES string of the molecule is O=C(NCC1(c2ccccc2)CCCC1)C1CC(c2ccc(O)cc2)NN1. The van der Waals surface area contributed by atoms with Gasteiger partial charge in [-0.25, -0.2) is 10.9 Å². The van der Waals surface area contributed by atoms with E-state index >= 15 is 0 Å². The zero-order valence-corrected chi connectivity index (χ0v) is 15.4. The molecule has 142 valence electrons. The smallest absolute Gasteiger partial charge is 0.238 e. The maximum atomic E-state index is 12.8. The summed E-state index contributed by atoms with van der Waals surface area (Å²) in [6.45, 7) is 0.692. The van der Waals surface area contributed by atoms with Crippen LogP contribution in [-0.4, -0.2) is 23.6 Å². The van der Waals surface area contributed by atoms with Gasteiger partial charge in [-0.1, -0.05) is 55.3 Å². The molecule has 5 nitrogen and oxygen atoms in total. The van der Waals surface area contributed by atoms with Crippen LogP contribution in [0.15, 0.2) is 54.6 Å². The van der Waals surface area contributed by atoms with Gasteiger partial charge in [0.1, 0.15) is 11.8 Å². The third-order valence-corrected chi connectivity index (χ3v) is 6.06. The molecule has 1 saturated heterocycles. The number of aromatic hydroxyl groups is 1. The van der Waals surface area contributed by atoms with Gasteiger partial charge in [0.25, 0.3) is 0 Å². The monoisotopic (exact) mass is 365 g/mol. The molecule has 2 aliphatic rings. The average Bonchev–Trinajstić information content (AvgIpc) is 3.38. The molecule has 5 heteroatoms. The van der Waals surface area contributed by atoms with E-state index in [2.05, 4.69) is 40.4 Å². The summed E-state index contributed by atoms with van der Waals surface area (Å²) in [5, 5.41) is 12.6. The first kappa shape index (κ1) is 18.0. The minimum atomic E-state index is -0.252. The fourth-order valence-electron chi connectivity index (χ4n) is 4.44. The van der Waals surface area contributed by atoms with Gasteiger partial charge in [0.2, 0.25) is 5.91 Å². The highest BCUT2D eigenvalue weighted by atomic mass is 16.3. The van der Waals surface area contributed by atoms with Gasteiger partial charge in [-0.05, 0) is 42.5 Å². The van der Waals surface area contributed by atoms with Crippen molar-refractivity contribution in [3.8, 4) is 5.75 Å². The third-order valence-electron chi connectivity index (χ3n) is 6.06. The summed E-state index contributed by atoms with van der Waals surface area (Å²) >= 11 is 0. The topological polar surface area (TPSA) is 73.4 Å². The Kier molecular flexibility index (Phi) is 5.14. The zero-order valence-electron chi connectivity index (χ0n) is 15.4. The second-order valence-electron chi connectivity index (χ2n) is 7.79. The molecule has 1 amide bonds. The normalized spacial score (nSPS) is 24.0. The van der Waals surface area contributed by atoms with Crippen molar-refractivity contribution < 1.29 is 9.90 Å². The number of rotatable bonds is 5. The largest absolute Gasteiger partial charge is 0.508 e. The molecule has 4 rings (SSSR count). The van der Waals surface area contributed by atoms with Crippen LogP contribution in [0.1, 0.15) is 49.3 Å². The highest BCUT2D eigenvalue weighted by Crippen LogP contribution is 2.40. The lowest BCUT2D eigenvalue weighted by Crippen LogP contribution is -2.47. The number of nitrogens with one attached hydrogen (secondary N) is 3. The molecule has 0 spiro atoms. The van der Waals surface area contributed by atoms with Crippen molar-refractivity contribution in [2.24, 2.45) is 0 Å². The van der Waals surface area contributed by atoms with Crippen LogP contribution in [0.5, 0.6) is 5.75 Å². The number of phenols is 1. The fourth-order valence-corrected chi connectivity index (χ4v) is 4.44. The van der Waals surface area contributed by atoms with Crippen molar-refractivity contribution in [2.75, 3.05) is 6.54 Å². The number of carbonyl (C=O) groups excluding carboxylic acids is 1. The van der Waals surface area contributed by atoms with Crippen LogP contribution in [0.4, 0.5) is 0 Å². The van der Waals surface area contributed by atoms with Crippen LogP contribution < -0.4 is 16.2 Å². The van der Waals surface area contributed by atoms with Crippen LogP contribution in [0.3, 0.4) is 0 Å². The Morgan fingerprint density at radius 3 is 2.44 bits per heavy atom. The molecule has 2 fully saturated rings. The predicted octanol–water partition coefficient (Wildman–Crippen LogP) is 2.93. The van der Waals surface area contributed by atoms with Crippen LogP contribution in [-0.2, 0) is 10.2 Å². The van der Waals surface area contributed by atoms with Gasteiger partial charge in [-0.15, -0.1) is 0 Å². The van der Waals surface area contributed by atoms with Crippen molar-refractivity contribution in [1.29, 1.82) is 0 Å². The minimum Gasteiger partial charge on any atom is -0.508 e. The first-order valence-corrected chi connectivity index (χ1v) is 9.80. The van der Waals surface area contributed by atoms with Gasteiger partial charge in [0.15, 0.2) is 0 Å². The molecular formula is C22H27N3O2.